The topological polar surface area (TPSA) is 21.3 Å². The Morgan fingerprint density at radius 3 is 2.65 bits per heavy atom. The summed E-state index contributed by atoms with van der Waals surface area (Å²) in [6.07, 6.45) is 9.77. The van der Waals surface area contributed by atoms with Crippen molar-refractivity contribution in [1.29, 1.82) is 0 Å². The number of hydrogen-bond donors (Lipinski definition) is 1. The molecule has 0 aromatic carbocycles. The molecule has 2 nitrogen and oxygen atoms in total. The highest BCUT2D eigenvalue weighted by Gasteiger charge is 2.30. The quantitative estimate of drug-likeness (QED) is 0.689. The molecule has 2 heteroatoms. The van der Waals surface area contributed by atoms with E-state index in [9.17, 15) is 0 Å². The van der Waals surface area contributed by atoms with E-state index in [1.807, 2.05) is 7.11 Å². The van der Waals surface area contributed by atoms with Crippen LogP contribution < -0.4 is 5.32 Å². The van der Waals surface area contributed by atoms with Crippen LogP contribution in [0.1, 0.15) is 51.9 Å². The smallest absolute Gasteiger partial charge is 0.0462 e. The number of nitrogens with one attached hydrogen (secondary N) is 1. The Labute approximate surface area is 107 Å². The summed E-state index contributed by atoms with van der Waals surface area (Å²) in [5.41, 5.74) is 0. The predicted octanol–water partition coefficient (Wildman–Crippen LogP) is 3.22. The van der Waals surface area contributed by atoms with Crippen LogP contribution in [0.5, 0.6) is 0 Å². The van der Waals surface area contributed by atoms with Gasteiger partial charge in [0.05, 0.1) is 0 Å². The molecule has 0 aromatic rings. The lowest BCUT2D eigenvalue weighted by Gasteiger charge is -2.35. The molecule has 2 aliphatic rings. The molecular weight excluding hydrogens is 210 g/mol. The first-order valence-electron chi connectivity index (χ1n) is 7.52. The average Bonchev–Trinajstić information content (AvgIpc) is 3.12. The predicted molar refractivity (Wildman–Crippen MR) is 72.1 cm³/mol. The van der Waals surface area contributed by atoms with Gasteiger partial charge in [0.2, 0.25) is 0 Å². The second-order valence-electron chi connectivity index (χ2n) is 6.26. The lowest BCUT2D eigenvalue weighted by molar-refractivity contribution is 0.144. The molecule has 3 atom stereocenters. The maximum atomic E-state index is 5.19. The molecule has 0 saturated heterocycles. The molecule has 2 rings (SSSR count). The maximum Gasteiger partial charge on any atom is 0.0462 e. The molecule has 2 aliphatic carbocycles. The van der Waals surface area contributed by atoms with E-state index in [1.54, 1.807) is 0 Å². The van der Waals surface area contributed by atoms with Crippen LogP contribution in [0.3, 0.4) is 0 Å². The minimum absolute atomic E-state index is 0.869. The molecule has 1 N–H and O–H groups in total. The minimum atomic E-state index is 0.869. The van der Waals surface area contributed by atoms with Crippen molar-refractivity contribution < 1.29 is 4.74 Å². The fourth-order valence-corrected chi connectivity index (χ4v) is 3.28. The van der Waals surface area contributed by atoms with Crippen molar-refractivity contribution >= 4 is 0 Å². The first kappa shape index (κ1) is 13.4. The summed E-state index contributed by atoms with van der Waals surface area (Å²) in [7, 11) is 1.82. The van der Waals surface area contributed by atoms with Gasteiger partial charge in [0.15, 0.2) is 0 Å². The van der Waals surface area contributed by atoms with Gasteiger partial charge in [-0.15, -0.1) is 0 Å². The Balaban J connectivity index is 1.73. The van der Waals surface area contributed by atoms with Gasteiger partial charge in [-0.3, -0.25) is 0 Å². The van der Waals surface area contributed by atoms with Gasteiger partial charge in [-0.2, -0.15) is 0 Å². The molecule has 2 saturated carbocycles. The van der Waals surface area contributed by atoms with E-state index >= 15 is 0 Å². The second kappa shape index (κ2) is 6.75. The van der Waals surface area contributed by atoms with Crippen LogP contribution in [0.2, 0.25) is 0 Å². The summed E-state index contributed by atoms with van der Waals surface area (Å²) in [5.74, 6) is 2.82. The Hall–Kier alpha value is -0.0800. The standard InChI is InChI=1S/C15H29NO/c1-12-5-6-14(11-16-15-7-8-15)13(10-12)4-3-9-17-2/h12-16H,3-11H2,1-2H3. The Morgan fingerprint density at radius 1 is 1.12 bits per heavy atom. The fourth-order valence-electron chi connectivity index (χ4n) is 3.28. The Kier molecular flexibility index (Phi) is 5.30. The number of rotatable bonds is 7. The van der Waals surface area contributed by atoms with Gasteiger partial charge in [0.1, 0.15) is 0 Å². The fraction of sp³-hybridized carbons (Fsp3) is 1.00. The van der Waals surface area contributed by atoms with Crippen molar-refractivity contribution in [3.05, 3.63) is 0 Å². The van der Waals surface area contributed by atoms with Gasteiger partial charge in [-0.05, 0) is 62.8 Å². The normalized spacial score (nSPS) is 33.9. The molecule has 100 valence electrons. The molecule has 0 amide bonds. The van der Waals surface area contributed by atoms with Crippen LogP contribution in [0.4, 0.5) is 0 Å². The summed E-state index contributed by atoms with van der Waals surface area (Å²) in [4.78, 5) is 0. The van der Waals surface area contributed by atoms with Gasteiger partial charge >= 0.3 is 0 Å². The van der Waals surface area contributed by atoms with Gasteiger partial charge in [-0.25, -0.2) is 0 Å². The highest BCUT2D eigenvalue weighted by Crippen LogP contribution is 2.36. The van der Waals surface area contributed by atoms with Gasteiger partial charge < -0.3 is 10.1 Å². The SMILES string of the molecule is COCCCC1CC(C)CCC1CNC1CC1. The third-order valence-corrected chi connectivity index (χ3v) is 4.57. The van der Waals surface area contributed by atoms with Gasteiger partial charge in [-0.1, -0.05) is 13.3 Å². The van der Waals surface area contributed by atoms with E-state index in [0.717, 1.165) is 30.4 Å². The Bertz CT molecular complexity index is 215. The van der Waals surface area contributed by atoms with Crippen LogP contribution in [0.15, 0.2) is 0 Å². The zero-order valence-electron chi connectivity index (χ0n) is 11.6. The first-order chi connectivity index (χ1) is 8.29. The van der Waals surface area contributed by atoms with E-state index in [-0.39, 0.29) is 0 Å². The summed E-state index contributed by atoms with van der Waals surface area (Å²) in [5, 5.41) is 3.73. The van der Waals surface area contributed by atoms with Gasteiger partial charge in [0, 0.05) is 19.8 Å². The van der Waals surface area contributed by atoms with Crippen molar-refractivity contribution in [2.75, 3.05) is 20.3 Å². The summed E-state index contributed by atoms with van der Waals surface area (Å²) in [6.45, 7) is 4.64. The molecule has 0 aromatic heterocycles. The van der Waals surface area contributed by atoms with E-state index in [1.165, 1.54) is 51.5 Å². The third kappa shape index (κ3) is 4.59. The largest absolute Gasteiger partial charge is 0.385 e. The van der Waals surface area contributed by atoms with E-state index in [0.29, 0.717) is 0 Å². The van der Waals surface area contributed by atoms with E-state index in [4.69, 9.17) is 4.74 Å². The van der Waals surface area contributed by atoms with Crippen molar-refractivity contribution in [1.82, 2.24) is 5.32 Å². The summed E-state index contributed by atoms with van der Waals surface area (Å²) >= 11 is 0. The molecular formula is C15H29NO. The zero-order valence-corrected chi connectivity index (χ0v) is 11.6. The number of ether oxygens (including phenoxy) is 1. The zero-order chi connectivity index (χ0) is 12.1. The molecule has 2 fully saturated rings. The third-order valence-electron chi connectivity index (χ3n) is 4.57. The average molecular weight is 239 g/mol. The van der Waals surface area contributed by atoms with Gasteiger partial charge in [0.25, 0.3) is 0 Å². The molecule has 0 aliphatic heterocycles. The van der Waals surface area contributed by atoms with Crippen LogP contribution in [-0.4, -0.2) is 26.3 Å². The minimum Gasteiger partial charge on any atom is -0.385 e. The highest BCUT2D eigenvalue weighted by atomic mass is 16.5. The second-order valence-corrected chi connectivity index (χ2v) is 6.26. The maximum absolute atomic E-state index is 5.19. The van der Waals surface area contributed by atoms with E-state index < -0.39 is 0 Å². The van der Waals surface area contributed by atoms with Crippen molar-refractivity contribution in [3.63, 3.8) is 0 Å². The van der Waals surface area contributed by atoms with Crippen molar-refractivity contribution in [2.45, 2.75) is 57.9 Å². The molecule has 0 bridgehead atoms. The monoisotopic (exact) mass is 239 g/mol. The number of methoxy groups -OCH3 is 1. The van der Waals surface area contributed by atoms with Crippen LogP contribution >= 0.6 is 0 Å². The molecule has 17 heavy (non-hydrogen) atoms. The lowest BCUT2D eigenvalue weighted by atomic mass is 9.73. The summed E-state index contributed by atoms with van der Waals surface area (Å²) < 4.78 is 5.19. The molecule has 3 unspecified atom stereocenters. The molecule has 0 heterocycles. The van der Waals surface area contributed by atoms with Crippen LogP contribution in [-0.2, 0) is 4.74 Å². The highest BCUT2D eigenvalue weighted by molar-refractivity contribution is 4.85. The lowest BCUT2D eigenvalue weighted by Crippen LogP contribution is -2.33. The molecule has 0 spiro atoms. The van der Waals surface area contributed by atoms with E-state index in [2.05, 4.69) is 12.2 Å². The molecule has 0 radical (unpaired) electrons. The van der Waals surface area contributed by atoms with Crippen LogP contribution in [0.25, 0.3) is 0 Å². The summed E-state index contributed by atoms with van der Waals surface area (Å²) in [6, 6.07) is 0.869. The van der Waals surface area contributed by atoms with Crippen molar-refractivity contribution in [3.8, 4) is 0 Å². The van der Waals surface area contributed by atoms with Crippen molar-refractivity contribution in [2.24, 2.45) is 17.8 Å². The first-order valence-corrected chi connectivity index (χ1v) is 7.52. The Morgan fingerprint density at radius 2 is 1.94 bits per heavy atom. The number of hydrogen-bond acceptors (Lipinski definition) is 2. The van der Waals surface area contributed by atoms with Crippen LogP contribution in [0, 0.1) is 17.8 Å².